The first-order valence-corrected chi connectivity index (χ1v) is 12.2. The molecule has 0 atom stereocenters. The highest BCUT2D eigenvalue weighted by Gasteiger charge is 2.32. The van der Waals surface area contributed by atoms with E-state index in [9.17, 15) is 13.2 Å². The number of nitrogens with zero attached hydrogens (tertiary/aromatic N) is 2. The van der Waals surface area contributed by atoms with Crippen molar-refractivity contribution >= 4 is 44.2 Å². The molecule has 3 aromatic rings. The monoisotopic (exact) mass is 463 g/mol. The fraction of sp³-hybridized carbons (Fsp3) is 0.0833. The lowest BCUT2D eigenvalue weighted by Crippen LogP contribution is -2.28. The number of sulfonamides is 1. The van der Waals surface area contributed by atoms with Gasteiger partial charge in [-0.2, -0.15) is 0 Å². The number of allylic oxidation sites excluding steroid dienone is 1. The van der Waals surface area contributed by atoms with E-state index < -0.39 is 10.0 Å². The number of hydrogen-bond acceptors (Lipinski definition) is 5. The number of hydrogen-bond donors (Lipinski definition) is 1. The molecule has 1 saturated heterocycles. The van der Waals surface area contributed by atoms with Gasteiger partial charge in [0.2, 0.25) is 0 Å². The van der Waals surface area contributed by atoms with Crippen molar-refractivity contribution in [2.45, 2.75) is 18.4 Å². The van der Waals surface area contributed by atoms with E-state index in [4.69, 9.17) is 0 Å². The van der Waals surface area contributed by atoms with E-state index in [1.54, 1.807) is 53.4 Å². The van der Waals surface area contributed by atoms with Crippen molar-refractivity contribution in [1.29, 1.82) is 0 Å². The lowest BCUT2D eigenvalue weighted by atomic mass is 10.2. The summed E-state index contributed by atoms with van der Waals surface area (Å²) < 4.78 is 27.8. The third-order valence-corrected chi connectivity index (χ3v) is 7.23. The molecule has 1 N–H and O–H groups in total. The minimum atomic E-state index is -3.71. The summed E-state index contributed by atoms with van der Waals surface area (Å²) in [6, 6.07) is 24.7. The van der Waals surface area contributed by atoms with Crippen LogP contribution in [0.2, 0.25) is 0 Å². The second kappa shape index (κ2) is 9.42. The Balaban J connectivity index is 1.61. The second-order valence-corrected chi connectivity index (χ2v) is 9.69. The van der Waals surface area contributed by atoms with Crippen LogP contribution in [0.25, 0.3) is 0 Å². The topological polar surface area (TPSA) is 78.8 Å². The van der Waals surface area contributed by atoms with E-state index in [0.29, 0.717) is 28.0 Å². The van der Waals surface area contributed by atoms with E-state index in [1.807, 2.05) is 37.3 Å². The highest BCUT2D eigenvalue weighted by Crippen LogP contribution is 2.34. The SMILES string of the molecule is C/C=C1\SC(=Nc2cccc(NS(=O)(=O)c3ccccc3)c2)N(Cc2ccccc2)C1=O. The van der Waals surface area contributed by atoms with E-state index in [1.165, 1.54) is 23.9 Å². The molecule has 0 saturated carbocycles. The number of carbonyl (C=O) groups excluding carboxylic acids is 1. The van der Waals surface area contributed by atoms with E-state index in [0.717, 1.165) is 5.56 Å². The predicted octanol–water partition coefficient (Wildman–Crippen LogP) is 5.15. The first-order chi connectivity index (χ1) is 15.5. The standard InChI is InChI=1S/C24H21N3O3S2/c1-2-22-23(28)27(17-18-10-5-3-6-11-18)24(31-22)25-19-12-9-13-20(16-19)26-32(29,30)21-14-7-4-8-15-21/h2-16,26H,17H2,1H3/b22-2-,25-24?. The van der Waals surface area contributed by atoms with Gasteiger partial charge in [0, 0.05) is 0 Å². The molecule has 0 radical (unpaired) electrons. The molecule has 6 nitrogen and oxygen atoms in total. The zero-order chi connectivity index (χ0) is 22.6. The van der Waals surface area contributed by atoms with Crippen LogP contribution in [0.15, 0.2) is 106 Å². The molecule has 0 bridgehead atoms. The van der Waals surface area contributed by atoms with Crippen LogP contribution in [0.5, 0.6) is 0 Å². The van der Waals surface area contributed by atoms with E-state index in [-0.39, 0.29) is 10.8 Å². The van der Waals surface area contributed by atoms with Gasteiger partial charge >= 0.3 is 0 Å². The average Bonchev–Trinajstić information content (AvgIpc) is 3.09. The molecule has 0 unspecified atom stereocenters. The van der Waals surface area contributed by atoms with Crippen molar-refractivity contribution in [2.75, 3.05) is 4.72 Å². The molecule has 0 aromatic heterocycles. The number of carbonyl (C=O) groups is 1. The second-order valence-electron chi connectivity index (χ2n) is 7.00. The summed E-state index contributed by atoms with van der Waals surface area (Å²) in [6.07, 6.45) is 1.78. The number of rotatable bonds is 6. The summed E-state index contributed by atoms with van der Waals surface area (Å²) in [5.41, 5.74) is 1.94. The van der Waals surface area contributed by atoms with Gasteiger partial charge in [0.25, 0.3) is 15.9 Å². The van der Waals surface area contributed by atoms with Crippen LogP contribution in [0, 0.1) is 0 Å². The normalized spacial score (nSPS) is 16.7. The van der Waals surface area contributed by atoms with Crippen molar-refractivity contribution in [3.63, 3.8) is 0 Å². The Hall–Kier alpha value is -3.36. The number of benzene rings is 3. The maximum absolute atomic E-state index is 12.8. The summed E-state index contributed by atoms with van der Waals surface area (Å²) in [5, 5.41) is 0.551. The number of amides is 1. The zero-order valence-corrected chi connectivity index (χ0v) is 18.9. The van der Waals surface area contributed by atoms with Crippen LogP contribution in [-0.2, 0) is 21.4 Å². The lowest BCUT2D eigenvalue weighted by molar-refractivity contribution is -0.122. The van der Waals surface area contributed by atoms with Gasteiger partial charge in [-0.1, -0.05) is 60.7 Å². The Labute approximate surface area is 191 Å². The van der Waals surface area contributed by atoms with Crippen molar-refractivity contribution in [3.8, 4) is 0 Å². The van der Waals surface area contributed by atoms with Gasteiger partial charge < -0.3 is 0 Å². The fourth-order valence-corrected chi connectivity index (χ4v) is 5.14. The average molecular weight is 464 g/mol. The third-order valence-electron chi connectivity index (χ3n) is 4.71. The molecule has 8 heteroatoms. The minimum Gasteiger partial charge on any atom is -0.282 e. The largest absolute Gasteiger partial charge is 0.282 e. The molecule has 1 aliphatic heterocycles. The number of anilines is 1. The Bertz CT molecular complexity index is 1290. The van der Waals surface area contributed by atoms with Crippen LogP contribution >= 0.6 is 11.8 Å². The smallest absolute Gasteiger partial charge is 0.266 e. The Morgan fingerprint density at radius 2 is 1.66 bits per heavy atom. The van der Waals surface area contributed by atoms with Crippen molar-refractivity contribution in [1.82, 2.24) is 4.90 Å². The summed E-state index contributed by atoms with van der Waals surface area (Å²) >= 11 is 1.31. The number of thioether (sulfide) groups is 1. The Kier molecular flexibility index (Phi) is 6.43. The Morgan fingerprint density at radius 3 is 2.34 bits per heavy atom. The molecule has 4 rings (SSSR count). The summed E-state index contributed by atoms with van der Waals surface area (Å²) in [4.78, 5) is 19.9. The van der Waals surface area contributed by atoms with Crippen LogP contribution in [0.3, 0.4) is 0 Å². The summed E-state index contributed by atoms with van der Waals surface area (Å²) in [7, 11) is -3.71. The van der Waals surface area contributed by atoms with Gasteiger partial charge in [0.15, 0.2) is 5.17 Å². The van der Waals surface area contributed by atoms with Crippen molar-refractivity contribution in [3.05, 3.63) is 101 Å². The van der Waals surface area contributed by atoms with Gasteiger partial charge in [-0.15, -0.1) is 0 Å². The van der Waals surface area contributed by atoms with Crippen LogP contribution < -0.4 is 4.72 Å². The first kappa shape index (κ1) is 21.9. The van der Waals surface area contributed by atoms with Gasteiger partial charge in [-0.3, -0.25) is 14.4 Å². The molecular weight excluding hydrogens is 442 g/mol. The highest BCUT2D eigenvalue weighted by molar-refractivity contribution is 8.18. The predicted molar refractivity (Wildman–Crippen MR) is 129 cm³/mol. The van der Waals surface area contributed by atoms with Gasteiger partial charge in [-0.25, -0.2) is 13.4 Å². The zero-order valence-electron chi connectivity index (χ0n) is 17.3. The number of aliphatic imine (C=N–C) groups is 1. The minimum absolute atomic E-state index is 0.0963. The Morgan fingerprint density at radius 1 is 0.969 bits per heavy atom. The molecule has 162 valence electrons. The maximum Gasteiger partial charge on any atom is 0.266 e. The summed E-state index contributed by atoms with van der Waals surface area (Å²) in [5.74, 6) is -0.0963. The van der Waals surface area contributed by atoms with Crippen molar-refractivity contribution < 1.29 is 13.2 Å². The molecule has 1 amide bonds. The molecule has 1 aliphatic rings. The molecular formula is C24H21N3O3S2. The number of nitrogens with one attached hydrogen (secondary N) is 1. The summed E-state index contributed by atoms with van der Waals surface area (Å²) in [6.45, 7) is 2.23. The number of amidine groups is 1. The van der Waals surface area contributed by atoms with E-state index >= 15 is 0 Å². The molecule has 3 aromatic carbocycles. The van der Waals surface area contributed by atoms with Crippen LogP contribution in [-0.4, -0.2) is 24.4 Å². The van der Waals surface area contributed by atoms with Gasteiger partial charge in [0.05, 0.1) is 27.7 Å². The highest BCUT2D eigenvalue weighted by atomic mass is 32.2. The molecule has 0 spiro atoms. The van der Waals surface area contributed by atoms with Crippen LogP contribution in [0.4, 0.5) is 11.4 Å². The molecule has 1 fully saturated rings. The van der Waals surface area contributed by atoms with Crippen LogP contribution in [0.1, 0.15) is 12.5 Å². The molecule has 1 heterocycles. The maximum atomic E-state index is 12.8. The quantitative estimate of drug-likeness (QED) is 0.513. The lowest BCUT2D eigenvalue weighted by Gasteiger charge is -2.16. The molecule has 32 heavy (non-hydrogen) atoms. The first-order valence-electron chi connectivity index (χ1n) is 9.93. The fourth-order valence-electron chi connectivity index (χ4n) is 3.15. The molecule has 0 aliphatic carbocycles. The third kappa shape index (κ3) is 4.92. The van der Waals surface area contributed by atoms with Crippen molar-refractivity contribution in [2.24, 2.45) is 4.99 Å². The van der Waals surface area contributed by atoms with Gasteiger partial charge in [-0.05, 0) is 54.6 Å². The van der Waals surface area contributed by atoms with E-state index in [2.05, 4.69) is 9.71 Å². The van der Waals surface area contributed by atoms with Gasteiger partial charge in [0.1, 0.15) is 0 Å².